The van der Waals surface area contributed by atoms with Crippen LogP contribution in [-0.2, 0) is 10.2 Å². The van der Waals surface area contributed by atoms with E-state index in [1.807, 2.05) is 48.5 Å². The van der Waals surface area contributed by atoms with E-state index in [2.05, 4.69) is 22.8 Å². The Bertz CT molecular complexity index is 788. The molecule has 1 saturated heterocycles. The van der Waals surface area contributed by atoms with Gasteiger partial charge in [0.2, 0.25) is 5.91 Å². The highest BCUT2D eigenvalue weighted by molar-refractivity contribution is 5.87. The summed E-state index contributed by atoms with van der Waals surface area (Å²) in [6.07, 6.45) is 2.82. The van der Waals surface area contributed by atoms with Gasteiger partial charge in [-0.05, 0) is 24.1 Å². The van der Waals surface area contributed by atoms with Crippen molar-refractivity contribution in [2.75, 3.05) is 44.7 Å². The maximum atomic E-state index is 12.7. The van der Waals surface area contributed by atoms with E-state index < -0.39 is 5.41 Å². The average Bonchev–Trinajstić information content (AvgIpc) is 2.77. The first-order chi connectivity index (χ1) is 14.1. The molecule has 156 valence electrons. The lowest BCUT2D eigenvalue weighted by Crippen LogP contribution is -2.55. The number of nitrogens with zero attached hydrogens (tertiary/aromatic N) is 2. The molecule has 1 amide bonds. The quantitative estimate of drug-likeness (QED) is 0.707. The number of carbonyl (C=O) groups is 1. The predicted molar refractivity (Wildman–Crippen MR) is 118 cm³/mol. The van der Waals surface area contributed by atoms with E-state index in [0.29, 0.717) is 6.54 Å². The molecule has 1 unspecified atom stereocenters. The molecule has 2 N–H and O–H groups in total. The number of primary amides is 1. The summed E-state index contributed by atoms with van der Waals surface area (Å²) in [5.41, 5.74) is 7.56. The molecule has 2 aromatic rings. The highest BCUT2D eigenvalue weighted by Crippen LogP contribution is 2.33. The summed E-state index contributed by atoms with van der Waals surface area (Å²) in [7, 11) is 1.71. The molecule has 2 aromatic carbocycles. The Labute approximate surface area is 174 Å². The Morgan fingerprint density at radius 1 is 1.03 bits per heavy atom. The van der Waals surface area contributed by atoms with Crippen LogP contribution >= 0.6 is 0 Å². The summed E-state index contributed by atoms with van der Waals surface area (Å²) in [5, 5.41) is 0. The largest absolute Gasteiger partial charge is 0.495 e. The van der Waals surface area contributed by atoms with Gasteiger partial charge in [-0.1, -0.05) is 62.2 Å². The molecule has 0 aromatic heterocycles. The second kappa shape index (κ2) is 9.79. The molecule has 1 fully saturated rings. The number of carbonyl (C=O) groups excluding carboxylic acids is 1. The van der Waals surface area contributed by atoms with Gasteiger partial charge in [-0.25, -0.2) is 0 Å². The molecule has 0 bridgehead atoms. The van der Waals surface area contributed by atoms with Gasteiger partial charge in [0, 0.05) is 32.7 Å². The topological polar surface area (TPSA) is 58.8 Å². The number of hydrogen-bond acceptors (Lipinski definition) is 4. The maximum Gasteiger partial charge on any atom is 0.229 e. The number of hydrogen-bond donors (Lipinski definition) is 1. The summed E-state index contributed by atoms with van der Waals surface area (Å²) < 4.78 is 5.52. The molecule has 3 rings (SSSR count). The summed E-state index contributed by atoms with van der Waals surface area (Å²) in [6.45, 7) is 6.42. The van der Waals surface area contributed by atoms with Crippen LogP contribution in [-0.4, -0.2) is 50.6 Å². The zero-order valence-electron chi connectivity index (χ0n) is 17.6. The fourth-order valence-electron chi connectivity index (χ4n) is 4.31. The minimum absolute atomic E-state index is 0.218. The van der Waals surface area contributed by atoms with Crippen LogP contribution in [0.25, 0.3) is 0 Å². The number of methoxy groups -OCH3 is 1. The van der Waals surface area contributed by atoms with Gasteiger partial charge in [-0.3, -0.25) is 9.69 Å². The lowest BCUT2D eigenvalue weighted by atomic mass is 9.75. The average molecular weight is 396 g/mol. The fourth-order valence-corrected chi connectivity index (χ4v) is 4.31. The van der Waals surface area contributed by atoms with Gasteiger partial charge in [0.15, 0.2) is 0 Å². The third-order valence-corrected chi connectivity index (χ3v) is 6.05. The first kappa shape index (κ1) is 21.2. The Balaban J connectivity index is 1.75. The van der Waals surface area contributed by atoms with E-state index in [0.717, 1.165) is 62.4 Å². The number of ether oxygens (including phenoxy) is 1. The third-order valence-electron chi connectivity index (χ3n) is 6.05. The zero-order valence-corrected chi connectivity index (χ0v) is 17.6. The van der Waals surface area contributed by atoms with E-state index in [1.54, 1.807) is 7.11 Å². The summed E-state index contributed by atoms with van der Waals surface area (Å²) >= 11 is 0. The number of rotatable bonds is 9. The minimum atomic E-state index is -0.635. The Morgan fingerprint density at radius 2 is 1.69 bits per heavy atom. The monoisotopic (exact) mass is 395 g/mol. The second-order valence-electron chi connectivity index (χ2n) is 7.85. The molecule has 5 heteroatoms. The van der Waals surface area contributed by atoms with Crippen LogP contribution in [0.5, 0.6) is 5.75 Å². The first-order valence-corrected chi connectivity index (χ1v) is 10.6. The standard InChI is InChI=1S/C24H33N3O2/c1-3-4-14-24(23(25)28,20-10-6-5-7-11-20)19-26-15-17-27(18-16-26)21-12-8-9-13-22(21)29-2/h5-13H,3-4,14-19H2,1-2H3,(H2,25,28). The van der Waals surface area contributed by atoms with Crippen molar-refractivity contribution in [3.05, 3.63) is 60.2 Å². The first-order valence-electron chi connectivity index (χ1n) is 10.6. The maximum absolute atomic E-state index is 12.7. The molecule has 1 aliphatic heterocycles. The van der Waals surface area contributed by atoms with E-state index >= 15 is 0 Å². The molecule has 29 heavy (non-hydrogen) atoms. The van der Waals surface area contributed by atoms with Gasteiger partial charge in [-0.2, -0.15) is 0 Å². The van der Waals surface area contributed by atoms with Crippen LogP contribution in [0.1, 0.15) is 31.7 Å². The lowest BCUT2D eigenvalue weighted by Gasteiger charge is -2.41. The molecular formula is C24H33N3O2. The van der Waals surface area contributed by atoms with Gasteiger partial charge in [0.05, 0.1) is 18.2 Å². The van der Waals surface area contributed by atoms with Gasteiger partial charge in [0.1, 0.15) is 5.75 Å². The van der Waals surface area contributed by atoms with Crippen molar-refractivity contribution in [2.45, 2.75) is 31.6 Å². The summed E-state index contributed by atoms with van der Waals surface area (Å²) in [6, 6.07) is 18.2. The number of benzene rings is 2. The zero-order chi connectivity index (χ0) is 20.7. The predicted octanol–water partition coefficient (Wildman–Crippen LogP) is 3.43. The van der Waals surface area contributed by atoms with Crippen molar-refractivity contribution in [2.24, 2.45) is 5.73 Å². The minimum Gasteiger partial charge on any atom is -0.495 e. The van der Waals surface area contributed by atoms with Crippen molar-refractivity contribution in [1.29, 1.82) is 0 Å². The number of unbranched alkanes of at least 4 members (excludes halogenated alkanes) is 1. The third kappa shape index (κ3) is 4.73. The molecule has 0 saturated carbocycles. The molecule has 5 nitrogen and oxygen atoms in total. The van der Waals surface area contributed by atoms with Gasteiger partial charge >= 0.3 is 0 Å². The van der Waals surface area contributed by atoms with Crippen molar-refractivity contribution >= 4 is 11.6 Å². The van der Waals surface area contributed by atoms with Crippen LogP contribution in [0.4, 0.5) is 5.69 Å². The smallest absolute Gasteiger partial charge is 0.229 e. The van der Waals surface area contributed by atoms with Crippen LogP contribution in [0.3, 0.4) is 0 Å². The number of anilines is 1. The van der Waals surface area contributed by atoms with Gasteiger partial charge in [-0.15, -0.1) is 0 Å². The van der Waals surface area contributed by atoms with Crippen molar-refractivity contribution < 1.29 is 9.53 Å². The van der Waals surface area contributed by atoms with Crippen LogP contribution in [0, 0.1) is 0 Å². The number of nitrogens with two attached hydrogens (primary N) is 1. The molecule has 1 aliphatic rings. The highest BCUT2D eigenvalue weighted by Gasteiger charge is 2.40. The van der Waals surface area contributed by atoms with Gasteiger partial charge in [0.25, 0.3) is 0 Å². The SMILES string of the molecule is CCCCC(CN1CCN(c2ccccc2OC)CC1)(C(N)=O)c1ccccc1. The molecule has 0 radical (unpaired) electrons. The van der Waals surface area contributed by atoms with Crippen molar-refractivity contribution in [1.82, 2.24) is 4.90 Å². The highest BCUT2D eigenvalue weighted by atomic mass is 16.5. The molecule has 1 heterocycles. The second-order valence-corrected chi connectivity index (χ2v) is 7.85. The lowest BCUT2D eigenvalue weighted by molar-refractivity contribution is -0.124. The molecule has 0 aliphatic carbocycles. The van der Waals surface area contributed by atoms with E-state index in [-0.39, 0.29) is 5.91 Å². The van der Waals surface area contributed by atoms with Crippen LogP contribution in [0.15, 0.2) is 54.6 Å². The van der Waals surface area contributed by atoms with Gasteiger partial charge < -0.3 is 15.4 Å². The molecule has 0 spiro atoms. The Morgan fingerprint density at radius 3 is 2.31 bits per heavy atom. The number of para-hydroxylation sites is 2. The Hall–Kier alpha value is -2.53. The van der Waals surface area contributed by atoms with E-state index in [4.69, 9.17) is 10.5 Å². The summed E-state index contributed by atoms with van der Waals surface area (Å²) in [4.78, 5) is 17.5. The summed E-state index contributed by atoms with van der Waals surface area (Å²) in [5.74, 6) is 0.684. The normalized spacial score (nSPS) is 17.0. The van der Waals surface area contributed by atoms with Crippen molar-refractivity contribution in [3.8, 4) is 5.75 Å². The number of amides is 1. The van der Waals surface area contributed by atoms with E-state index in [9.17, 15) is 4.79 Å². The molecule has 1 atom stereocenters. The van der Waals surface area contributed by atoms with Crippen LogP contribution in [0.2, 0.25) is 0 Å². The fraction of sp³-hybridized carbons (Fsp3) is 0.458. The van der Waals surface area contributed by atoms with Crippen LogP contribution < -0.4 is 15.4 Å². The van der Waals surface area contributed by atoms with E-state index in [1.165, 1.54) is 0 Å². The Kier molecular flexibility index (Phi) is 7.15. The molecular weight excluding hydrogens is 362 g/mol. The number of piperazine rings is 1. The van der Waals surface area contributed by atoms with Crippen molar-refractivity contribution in [3.63, 3.8) is 0 Å².